The fourth-order valence-electron chi connectivity index (χ4n) is 4.03. The fourth-order valence-corrected chi connectivity index (χ4v) is 5.13. The summed E-state index contributed by atoms with van der Waals surface area (Å²) in [7, 11) is 0. The zero-order chi connectivity index (χ0) is 21.9. The van der Waals surface area contributed by atoms with Crippen LogP contribution < -0.4 is 14.8 Å². The lowest BCUT2D eigenvalue weighted by Gasteiger charge is -2.07. The molecular formula is C25H21N5OS. The van der Waals surface area contributed by atoms with Crippen molar-refractivity contribution in [3.05, 3.63) is 97.4 Å². The van der Waals surface area contributed by atoms with E-state index in [0.29, 0.717) is 20.6 Å². The Hall–Kier alpha value is -3.76. The van der Waals surface area contributed by atoms with Gasteiger partial charge in [0.25, 0.3) is 5.56 Å². The van der Waals surface area contributed by atoms with Crippen LogP contribution in [-0.4, -0.2) is 19.3 Å². The molecule has 1 aliphatic rings. The van der Waals surface area contributed by atoms with Gasteiger partial charge in [0.05, 0.1) is 10.2 Å². The molecule has 0 saturated carbocycles. The monoisotopic (exact) mass is 439 g/mol. The Bertz CT molecular complexity index is 1470. The Morgan fingerprint density at radius 3 is 2.50 bits per heavy atom. The Labute approximate surface area is 189 Å². The van der Waals surface area contributed by atoms with E-state index in [2.05, 4.69) is 16.3 Å². The summed E-state index contributed by atoms with van der Waals surface area (Å²) < 4.78 is 4.81. The predicted molar refractivity (Wildman–Crippen MR) is 125 cm³/mol. The van der Waals surface area contributed by atoms with Crippen LogP contribution in [0.25, 0.3) is 17.3 Å². The first kappa shape index (κ1) is 20.2. The van der Waals surface area contributed by atoms with Crippen LogP contribution in [0.15, 0.2) is 65.5 Å². The van der Waals surface area contributed by atoms with Crippen LogP contribution in [0.1, 0.15) is 36.5 Å². The van der Waals surface area contributed by atoms with Crippen molar-refractivity contribution in [2.45, 2.75) is 32.2 Å². The van der Waals surface area contributed by atoms with E-state index in [1.165, 1.54) is 11.3 Å². The minimum atomic E-state index is -0.150. The number of benzene rings is 2. The van der Waals surface area contributed by atoms with Gasteiger partial charge in [-0.3, -0.25) is 9.36 Å². The summed E-state index contributed by atoms with van der Waals surface area (Å²) in [6.45, 7) is 0.785. The Kier molecular flexibility index (Phi) is 5.53. The smallest absolute Gasteiger partial charge is 0.273 e. The quantitative estimate of drug-likeness (QED) is 0.492. The number of nitrogens with zero attached hydrogens (tertiary/aromatic N) is 5. The Morgan fingerprint density at radius 2 is 1.75 bits per heavy atom. The molecule has 2 aromatic carbocycles. The van der Waals surface area contributed by atoms with Crippen molar-refractivity contribution in [2.75, 3.05) is 0 Å². The molecule has 6 nitrogen and oxygen atoms in total. The third-order valence-electron chi connectivity index (χ3n) is 5.59. The number of hydrogen-bond donors (Lipinski definition) is 0. The maximum absolute atomic E-state index is 13.5. The van der Waals surface area contributed by atoms with Crippen LogP contribution in [0, 0.1) is 11.3 Å². The second-order valence-electron chi connectivity index (χ2n) is 7.69. The summed E-state index contributed by atoms with van der Waals surface area (Å²) in [5.74, 6) is 1.45. The van der Waals surface area contributed by atoms with Gasteiger partial charge in [-0.05, 0) is 36.6 Å². The van der Waals surface area contributed by atoms with Gasteiger partial charge in [0, 0.05) is 13.0 Å². The van der Waals surface area contributed by atoms with Crippen molar-refractivity contribution in [1.29, 1.82) is 5.26 Å². The average Bonchev–Trinajstić information content (AvgIpc) is 3.27. The largest absolute Gasteiger partial charge is 0.310 e. The second kappa shape index (κ2) is 8.77. The third-order valence-corrected chi connectivity index (χ3v) is 6.69. The molecule has 0 bridgehead atoms. The number of thiazole rings is 1. The van der Waals surface area contributed by atoms with Gasteiger partial charge in [-0.15, -0.1) is 21.5 Å². The third kappa shape index (κ3) is 3.70. The molecule has 0 unspecified atom stereocenters. The number of aryl methyl sites for hydroxylation is 1. The van der Waals surface area contributed by atoms with Gasteiger partial charge in [0.2, 0.25) is 0 Å². The number of nitriles is 1. The van der Waals surface area contributed by atoms with Crippen LogP contribution in [0.2, 0.25) is 0 Å². The van der Waals surface area contributed by atoms with Gasteiger partial charge in [0.1, 0.15) is 22.1 Å². The van der Waals surface area contributed by atoms with E-state index in [0.717, 1.165) is 49.3 Å². The average molecular weight is 440 g/mol. The van der Waals surface area contributed by atoms with E-state index >= 15 is 0 Å². The molecule has 5 rings (SSSR count). The molecule has 3 heterocycles. The highest BCUT2D eigenvalue weighted by Gasteiger charge is 2.21. The first-order chi connectivity index (χ1) is 15.8. The normalized spacial score (nSPS) is 15.0. The van der Waals surface area contributed by atoms with E-state index in [1.807, 2.05) is 71.3 Å². The molecule has 1 aliphatic heterocycles. The van der Waals surface area contributed by atoms with Crippen molar-refractivity contribution >= 4 is 23.0 Å². The summed E-state index contributed by atoms with van der Waals surface area (Å²) >= 11 is 1.32. The summed E-state index contributed by atoms with van der Waals surface area (Å²) in [5, 5.41) is 18.9. The van der Waals surface area contributed by atoms with Crippen molar-refractivity contribution in [1.82, 2.24) is 19.3 Å². The second-order valence-corrected chi connectivity index (χ2v) is 8.72. The van der Waals surface area contributed by atoms with E-state index in [-0.39, 0.29) is 5.56 Å². The number of aromatic nitrogens is 4. The van der Waals surface area contributed by atoms with Crippen molar-refractivity contribution in [2.24, 2.45) is 0 Å². The van der Waals surface area contributed by atoms with Gasteiger partial charge in [0.15, 0.2) is 5.82 Å². The minimum Gasteiger partial charge on any atom is -0.310 e. The fraction of sp³-hybridized carbons (Fsp3) is 0.200. The zero-order valence-electron chi connectivity index (χ0n) is 17.4. The highest BCUT2D eigenvalue weighted by molar-refractivity contribution is 7.07. The SMILES string of the molecule is N#C/C(c1nnc2n1CCCCC2)=c1/s/c(=C\c2ccccc2)c(=O)n1-c1ccccc1. The summed E-state index contributed by atoms with van der Waals surface area (Å²) in [4.78, 5) is 13.5. The minimum absolute atomic E-state index is 0.150. The van der Waals surface area contributed by atoms with Gasteiger partial charge in [-0.25, -0.2) is 0 Å². The molecule has 0 N–H and O–H groups in total. The molecule has 4 aromatic rings. The van der Waals surface area contributed by atoms with E-state index in [4.69, 9.17) is 0 Å². The molecule has 0 spiro atoms. The van der Waals surface area contributed by atoms with Crippen molar-refractivity contribution in [3.63, 3.8) is 0 Å². The molecule has 0 fully saturated rings. The summed E-state index contributed by atoms with van der Waals surface area (Å²) in [6.07, 6.45) is 5.96. The van der Waals surface area contributed by atoms with Gasteiger partial charge in [-0.2, -0.15) is 5.26 Å². The highest BCUT2D eigenvalue weighted by atomic mass is 32.1. The molecule has 0 aliphatic carbocycles. The molecule has 0 atom stereocenters. The molecule has 158 valence electrons. The lowest BCUT2D eigenvalue weighted by atomic mass is 10.2. The number of rotatable bonds is 3. The van der Waals surface area contributed by atoms with E-state index in [9.17, 15) is 10.1 Å². The van der Waals surface area contributed by atoms with Crippen LogP contribution in [0.5, 0.6) is 0 Å². The Morgan fingerprint density at radius 1 is 1.00 bits per heavy atom. The van der Waals surface area contributed by atoms with Crippen molar-refractivity contribution < 1.29 is 0 Å². The summed E-state index contributed by atoms with van der Waals surface area (Å²) in [6, 6.07) is 21.5. The van der Waals surface area contributed by atoms with Gasteiger partial charge < -0.3 is 4.57 Å². The molecule has 2 aromatic heterocycles. The van der Waals surface area contributed by atoms with Gasteiger partial charge >= 0.3 is 0 Å². The van der Waals surface area contributed by atoms with Crippen molar-refractivity contribution in [3.8, 4) is 11.8 Å². The van der Waals surface area contributed by atoms with E-state index < -0.39 is 0 Å². The lowest BCUT2D eigenvalue weighted by molar-refractivity contribution is 0.627. The first-order valence-electron chi connectivity index (χ1n) is 10.7. The number of para-hydroxylation sites is 1. The zero-order valence-corrected chi connectivity index (χ0v) is 18.3. The molecular weight excluding hydrogens is 418 g/mol. The van der Waals surface area contributed by atoms with Gasteiger partial charge in [-0.1, -0.05) is 55.0 Å². The number of fused-ring (bicyclic) bond motifs is 1. The maximum Gasteiger partial charge on any atom is 0.273 e. The predicted octanol–water partition coefficient (Wildman–Crippen LogP) is 2.77. The van der Waals surface area contributed by atoms with Crippen LogP contribution >= 0.6 is 11.3 Å². The first-order valence-corrected chi connectivity index (χ1v) is 11.5. The van der Waals surface area contributed by atoms with Crippen LogP contribution in [-0.2, 0) is 13.0 Å². The molecule has 0 radical (unpaired) electrons. The molecule has 7 heteroatoms. The Balaban J connectivity index is 1.84. The summed E-state index contributed by atoms with van der Waals surface area (Å²) in [5.41, 5.74) is 1.89. The number of hydrogen-bond acceptors (Lipinski definition) is 5. The molecule has 32 heavy (non-hydrogen) atoms. The van der Waals surface area contributed by atoms with Crippen LogP contribution in [0.3, 0.4) is 0 Å². The van der Waals surface area contributed by atoms with E-state index in [1.54, 1.807) is 4.57 Å². The van der Waals surface area contributed by atoms with Crippen LogP contribution in [0.4, 0.5) is 0 Å². The standard InChI is InChI=1S/C25H21N5OS/c26-17-20(23-28-27-22-14-8-3-9-15-29(22)23)25-30(19-12-6-2-7-13-19)24(31)21(32-25)16-18-10-4-1-5-11-18/h1-2,4-7,10-13,16H,3,8-9,14-15H2/b21-16-,25-20-. The molecule has 0 amide bonds. The molecule has 0 saturated heterocycles. The lowest BCUT2D eigenvalue weighted by Crippen LogP contribution is -2.31. The highest BCUT2D eigenvalue weighted by Crippen LogP contribution is 2.18. The topological polar surface area (TPSA) is 76.5 Å². The maximum atomic E-state index is 13.5.